The molecule has 7 heteroatoms. The minimum absolute atomic E-state index is 0.113. The number of halogens is 2. The van der Waals surface area contributed by atoms with Crippen molar-refractivity contribution in [2.45, 2.75) is 17.9 Å². The van der Waals surface area contributed by atoms with Gasteiger partial charge in [0.1, 0.15) is 11.6 Å². The number of hydrogen-bond donors (Lipinski definition) is 0. The summed E-state index contributed by atoms with van der Waals surface area (Å²) in [6, 6.07) is 17.9. The van der Waals surface area contributed by atoms with Crippen LogP contribution in [-0.2, 0) is 10.0 Å². The van der Waals surface area contributed by atoms with E-state index in [4.69, 9.17) is 16.3 Å². The molecular formula is C21H19ClFNO3S. The number of methoxy groups -OCH3 is 1. The average molecular weight is 420 g/mol. The van der Waals surface area contributed by atoms with Crippen LogP contribution in [-0.4, -0.2) is 15.5 Å². The SMILES string of the molecule is COc1ccc(N(C(C)c2ccc(F)cc2)S(=O)(=O)c2ccc(Cl)cc2)cc1. The molecule has 0 aliphatic heterocycles. The van der Waals surface area contributed by atoms with Gasteiger partial charge in [-0.2, -0.15) is 0 Å². The first-order valence-electron chi connectivity index (χ1n) is 8.52. The van der Waals surface area contributed by atoms with Gasteiger partial charge in [-0.15, -0.1) is 0 Å². The van der Waals surface area contributed by atoms with Gasteiger partial charge >= 0.3 is 0 Å². The normalized spacial score (nSPS) is 12.4. The lowest BCUT2D eigenvalue weighted by atomic mass is 10.1. The van der Waals surface area contributed by atoms with Crippen molar-refractivity contribution >= 4 is 27.3 Å². The van der Waals surface area contributed by atoms with Gasteiger partial charge in [0.2, 0.25) is 0 Å². The topological polar surface area (TPSA) is 46.6 Å². The number of rotatable bonds is 6. The van der Waals surface area contributed by atoms with Crippen molar-refractivity contribution in [2.75, 3.05) is 11.4 Å². The molecule has 0 aliphatic carbocycles. The molecule has 3 rings (SSSR count). The average Bonchev–Trinajstić information content (AvgIpc) is 2.69. The predicted molar refractivity (Wildman–Crippen MR) is 109 cm³/mol. The molecule has 0 spiro atoms. The van der Waals surface area contributed by atoms with Gasteiger partial charge < -0.3 is 4.74 Å². The number of anilines is 1. The summed E-state index contributed by atoms with van der Waals surface area (Å²) in [5.41, 5.74) is 1.13. The standard InChI is InChI=1S/C21H19ClFNO3S/c1-15(16-3-7-18(23)8-4-16)24(19-9-11-20(27-2)12-10-19)28(25,26)21-13-5-17(22)6-14-21/h3-15H,1-2H3. The second kappa shape index (κ2) is 8.20. The Morgan fingerprint density at radius 3 is 2.04 bits per heavy atom. The van der Waals surface area contributed by atoms with Crippen LogP contribution in [0, 0.1) is 5.82 Å². The molecule has 0 aromatic heterocycles. The van der Waals surface area contributed by atoms with Gasteiger partial charge in [-0.05, 0) is 73.2 Å². The Hall–Kier alpha value is -2.57. The number of ether oxygens (including phenoxy) is 1. The van der Waals surface area contributed by atoms with E-state index < -0.39 is 16.1 Å². The smallest absolute Gasteiger partial charge is 0.264 e. The van der Waals surface area contributed by atoms with Crippen LogP contribution in [0.3, 0.4) is 0 Å². The molecule has 0 aliphatic rings. The van der Waals surface area contributed by atoms with Crippen molar-refractivity contribution in [3.63, 3.8) is 0 Å². The van der Waals surface area contributed by atoms with E-state index >= 15 is 0 Å². The maximum atomic E-state index is 13.5. The van der Waals surface area contributed by atoms with Crippen LogP contribution >= 0.6 is 11.6 Å². The minimum Gasteiger partial charge on any atom is -0.497 e. The van der Waals surface area contributed by atoms with Crippen LogP contribution in [0.25, 0.3) is 0 Å². The van der Waals surface area contributed by atoms with Crippen molar-refractivity contribution in [2.24, 2.45) is 0 Å². The predicted octanol–water partition coefficient (Wildman–Crippen LogP) is 5.44. The summed E-state index contributed by atoms with van der Waals surface area (Å²) in [6.45, 7) is 1.75. The van der Waals surface area contributed by atoms with Gasteiger partial charge in [0.05, 0.1) is 23.7 Å². The fourth-order valence-electron chi connectivity index (χ4n) is 2.90. The first-order valence-corrected chi connectivity index (χ1v) is 10.3. The van der Waals surface area contributed by atoms with E-state index in [9.17, 15) is 12.8 Å². The Kier molecular flexibility index (Phi) is 5.91. The molecule has 0 fully saturated rings. The summed E-state index contributed by atoms with van der Waals surface area (Å²) in [5, 5.41) is 0.446. The minimum atomic E-state index is -3.91. The highest BCUT2D eigenvalue weighted by atomic mass is 35.5. The number of hydrogen-bond acceptors (Lipinski definition) is 3. The van der Waals surface area contributed by atoms with Crippen LogP contribution in [0.15, 0.2) is 77.7 Å². The Balaban J connectivity index is 2.12. The Morgan fingerprint density at radius 2 is 1.50 bits per heavy atom. The molecule has 0 bridgehead atoms. The largest absolute Gasteiger partial charge is 0.497 e. The Bertz CT molecular complexity index is 1040. The summed E-state index contributed by atoms with van der Waals surface area (Å²) in [5.74, 6) is 0.231. The fourth-order valence-corrected chi connectivity index (χ4v) is 4.67. The summed E-state index contributed by atoms with van der Waals surface area (Å²) >= 11 is 5.91. The van der Waals surface area contributed by atoms with Crippen LogP contribution in [0.2, 0.25) is 5.02 Å². The zero-order valence-electron chi connectivity index (χ0n) is 15.3. The molecule has 146 valence electrons. The van der Waals surface area contributed by atoms with Crippen LogP contribution < -0.4 is 9.04 Å². The molecule has 0 N–H and O–H groups in total. The second-order valence-electron chi connectivity index (χ2n) is 6.18. The molecule has 0 radical (unpaired) electrons. The highest BCUT2D eigenvalue weighted by Gasteiger charge is 2.30. The molecule has 3 aromatic carbocycles. The summed E-state index contributed by atoms with van der Waals surface area (Å²) in [7, 11) is -2.37. The van der Waals surface area contributed by atoms with Crippen molar-refractivity contribution < 1.29 is 17.5 Å². The van der Waals surface area contributed by atoms with E-state index in [1.807, 2.05) is 0 Å². The summed E-state index contributed by atoms with van der Waals surface area (Å²) in [6.07, 6.45) is 0. The fraction of sp³-hybridized carbons (Fsp3) is 0.143. The number of sulfonamides is 1. The maximum Gasteiger partial charge on any atom is 0.264 e. The second-order valence-corrected chi connectivity index (χ2v) is 8.43. The maximum absolute atomic E-state index is 13.5. The third-order valence-electron chi connectivity index (χ3n) is 4.40. The zero-order valence-corrected chi connectivity index (χ0v) is 16.9. The van der Waals surface area contributed by atoms with Crippen LogP contribution in [0.1, 0.15) is 18.5 Å². The van der Waals surface area contributed by atoms with Crippen LogP contribution in [0.5, 0.6) is 5.75 Å². The zero-order chi connectivity index (χ0) is 20.3. The molecule has 0 saturated carbocycles. The third kappa shape index (κ3) is 4.13. The molecule has 1 unspecified atom stereocenters. The lowest BCUT2D eigenvalue weighted by Crippen LogP contribution is -2.33. The molecule has 0 saturated heterocycles. The van der Waals surface area contributed by atoms with Gasteiger partial charge in [0.15, 0.2) is 0 Å². The highest BCUT2D eigenvalue weighted by Crippen LogP contribution is 2.34. The van der Waals surface area contributed by atoms with Crippen LogP contribution in [0.4, 0.5) is 10.1 Å². The van der Waals surface area contributed by atoms with E-state index in [-0.39, 0.29) is 10.7 Å². The highest BCUT2D eigenvalue weighted by molar-refractivity contribution is 7.92. The first-order chi connectivity index (χ1) is 13.3. The number of benzene rings is 3. The van der Waals surface area contributed by atoms with E-state index in [1.165, 1.54) is 40.7 Å². The van der Waals surface area contributed by atoms with Gasteiger partial charge in [-0.3, -0.25) is 4.31 Å². The van der Waals surface area contributed by atoms with Crippen molar-refractivity contribution in [3.8, 4) is 5.75 Å². The van der Waals surface area contributed by atoms with E-state index in [0.717, 1.165) is 0 Å². The molecule has 28 heavy (non-hydrogen) atoms. The van der Waals surface area contributed by atoms with E-state index in [2.05, 4.69) is 0 Å². The monoisotopic (exact) mass is 419 g/mol. The van der Waals surface area contributed by atoms with E-state index in [1.54, 1.807) is 50.4 Å². The molecule has 0 amide bonds. The lowest BCUT2D eigenvalue weighted by molar-refractivity contribution is 0.415. The molecule has 0 heterocycles. The summed E-state index contributed by atoms with van der Waals surface area (Å²) in [4.78, 5) is 0.113. The Labute approximate surface area is 169 Å². The molecule has 3 aromatic rings. The van der Waals surface area contributed by atoms with Gasteiger partial charge in [0, 0.05) is 5.02 Å². The van der Waals surface area contributed by atoms with Gasteiger partial charge in [-0.1, -0.05) is 23.7 Å². The molecule has 4 nitrogen and oxygen atoms in total. The number of nitrogens with zero attached hydrogens (tertiary/aromatic N) is 1. The lowest BCUT2D eigenvalue weighted by Gasteiger charge is -2.31. The first kappa shape index (κ1) is 20.2. The Morgan fingerprint density at radius 1 is 0.929 bits per heavy atom. The van der Waals surface area contributed by atoms with Crippen molar-refractivity contribution in [1.29, 1.82) is 0 Å². The molecule has 1 atom stereocenters. The third-order valence-corrected chi connectivity index (χ3v) is 6.57. The van der Waals surface area contributed by atoms with Crippen molar-refractivity contribution in [1.82, 2.24) is 0 Å². The van der Waals surface area contributed by atoms with Gasteiger partial charge in [0.25, 0.3) is 10.0 Å². The van der Waals surface area contributed by atoms with E-state index in [0.29, 0.717) is 22.0 Å². The van der Waals surface area contributed by atoms with Crippen molar-refractivity contribution in [3.05, 3.63) is 89.2 Å². The molecular weight excluding hydrogens is 401 g/mol. The summed E-state index contributed by atoms with van der Waals surface area (Å²) < 4.78 is 46.7. The quantitative estimate of drug-likeness (QED) is 0.534. The van der Waals surface area contributed by atoms with Gasteiger partial charge in [-0.25, -0.2) is 12.8 Å².